The molecule has 6 heteroatoms. The Labute approximate surface area is 96.9 Å². The highest BCUT2D eigenvalue weighted by atomic mass is 32.1. The van der Waals surface area contributed by atoms with E-state index in [2.05, 4.69) is 10.4 Å². The second-order valence-corrected chi connectivity index (χ2v) is 4.21. The number of aryl methyl sites for hydroxylation is 1. The van der Waals surface area contributed by atoms with Crippen molar-refractivity contribution in [2.45, 2.75) is 6.42 Å². The molecule has 5 nitrogen and oxygen atoms in total. The average Bonchev–Trinajstić information content (AvgIpc) is 2.83. The van der Waals surface area contributed by atoms with Gasteiger partial charge >= 0.3 is 0 Å². The summed E-state index contributed by atoms with van der Waals surface area (Å²) in [5.41, 5.74) is 7.14. The standard InChI is InChI=1S/C10H12N4OS/c1-14-10(8(11)5-12-14)13-9(15)4-7-2-3-16-6-7/h2-3,5-6H,4,11H2,1H3,(H,13,15). The van der Waals surface area contributed by atoms with E-state index in [1.165, 1.54) is 6.20 Å². The minimum absolute atomic E-state index is 0.0892. The molecule has 0 saturated heterocycles. The zero-order valence-electron chi connectivity index (χ0n) is 8.80. The Hall–Kier alpha value is -1.82. The first-order valence-electron chi connectivity index (χ1n) is 4.75. The van der Waals surface area contributed by atoms with E-state index < -0.39 is 0 Å². The van der Waals surface area contributed by atoms with Gasteiger partial charge in [0.15, 0.2) is 5.82 Å². The number of carbonyl (C=O) groups excluding carboxylic acids is 1. The van der Waals surface area contributed by atoms with Gasteiger partial charge in [0.25, 0.3) is 0 Å². The summed E-state index contributed by atoms with van der Waals surface area (Å²) in [6.45, 7) is 0. The van der Waals surface area contributed by atoms with Gasteiger partial charge < -0.3 is 11.1 Å². The van der Waals surface area contributed by atoms with Crippen molar-refractivity contribution >= 4 is 28.7 Å². The first-order valence-corrected chi connectivity index (χ1v) is 5.69. The number of hydrogen-bond acceptors (Lipinski definition) is 4. The van der Waals surface area contributed by atoms with Crippen LogP contribution in [0.5, 0.6) is 0 Å². The topological polar surface area (TPSA) is 72.9 Å². The maximum absolute atomic E-state index is 11.7. The molecule has 16 heavy (non-hydrogen) atoms. The molecule has 0 aliphatic rings. The molecule has 84 valence electrons. The van der Waals surface area contributed by atoms with Gasteiger partial charge in [-0.05, 0) is 22.4 Å². The summed E-state index contributed by atoms with van der Waals surface area (Å²) in [6, 6.07) is 1.93. The zero-order valence-corrected chi connectivity index (χ0v) is 9.62. The molecule has 0 spiro atoms. The van der Waals surface area contributed by atoms with Crippen LogP contribution in [0.25, 0.3) is 0 Å². The molecule has 0 aromatic carbocycles. The molecule has 0 atom stereocenters. The summed E-state index contributed by atoms with van der Waals surface area (Å²) in [5, 5.41) is 10.6. The molecular formula is C10H12N4OS. The number of nitrogen functional groups attached to an aromatic ring is 1. The number of amides is 1. The van der Waals surface area contributed by atoms with Crippen LogP contribution in [0.3, 0.4) is 0 Å². The summed E-state index contributed by atoms with van der Waals surface area (Å²) in [6.07, 6.45) is 1.87. The van der Waals surface area contributed by atoms with E-state index in [1.54, 1.807) is 23.1 Å². The predicted octanol–water partition coefficient (Wildman–Crippen LogP) is 1.24. The number of aromatic nitrogens is 2. The maximum Gasteiger partial charge on any atom is 0.230 e. The lowest BCUT2D eigenvalue weighted by Gasteiger charge is -2.05. The normalized spacial score (nSPS) is 10.3. The molecule has 0 fully saturated rings. The monoisotopic (exact) mass is 236 g/mol. The largest absolute Gasteiger partial charge is 0.394 e. The summed E-state index contributed by atoms with van der Waals surface area (Å²) in [7, 11) is 1.73. The lowest BCUT2D eigenvalue weighted by atomic mass is 10.2. The van der Waals surface area contributed by atoms with E-state index in [1.807, 2.05) is 16.8 Å². The van der Waals surface area contributed by atoms with E-state index in [4.69, 9.17) is 5.73 Å². The molecule has 0 aliphatic heterocycles. The van der Waals surface area contributed by atoms with Gasteiger partial charge in [-0.15, -0.1) is 0 Å². The minimum Gasteiger partial charge on any atom is -0.394 e. The van der Waals surface area contributed by atoms with Crippen LogP contribution < -0.4 is 11.1 Å². The number of nitrogens with one attached hydrogen (secondary N) is 1. The second kappa shape index (κ2) is 4.36. The SMILES string of the molecule is Cn1ncc(N)c1NC(=O)Cc1ccsc1. The molecule has 2 aromatic heterocycles. The van der Waals surface area contributed by atoms with Crippen molar-refractivity contribution < 1.29 is 4.79 Å². The van der Waals surface area contributed by atoms with Crippen LogP contribution in [0.1, 0.15) is 5.56 Å². The molecule has 2 heterocycles. The smallest absolute Gasteiger partial charge is 0.230 e. The van der Waals surface area contributed by atoms with Crippen molar-refractivity contribution in [2.24, 2.45) is 7.05 Å². The Kier molecular flexibility index (Phi) is 2.91. The predicted molar refractivity (Wildman–Crippen MR) is 64.3 cm³/mol. The van der Waals surface area contributed by atoms with E-state index in [0.29, 0.717) is 17.9 Å². The lowest BCUT2D eigenvalue weighted by Crippen LogP contribution is -2.17. The summed E-state index contributed by atoms with van der Waals surface area (Å²) >= 11 is 1.57. The van der Waals surface area contributed by atoms with E-state index in [0.717, 1.165) is 5.56 Å². The van der Waals surface area contributed by atoms with E-state index >= 15 is 0 Å². The highest BCUT2D eigenvalue weighted by Gasteiger charge is 2.10. The number of anilines is 2. The number of thiophene rings is 1. The van der Waals surface area contributed by atoms with Crippen LogP contribution in [0.15, 0.2) is 23.0 Å². The third-order valence-electron chi connectivity index (χ3n) is 2.17. The van der Waals surface area contributed by atoms with Gasteiger partial charge in [0, 0.05) is 7.05 Å². The molecule has 0 bridgehead atoms. The van der Waals surface area contributed by atoms with Gasteiger partial charge in [0.1, 0.15) is 0 Å². The number of rotatable bonds is 3. The van der Waals surface area contributed by atoms with Crippen molar-refractivity contribution in [3.63, 3.8) is 0 Å². The second-order valence-electron chi connectivity index (χ2n) is 3.43. The van der Waals surface area contributed by atoms with Crippen molar-refractivity contribution in [1.82, 2.24) is 9.78 Å². The first-order chi connectivity index (χ1) is 7.66. The van der Waals surface area contributed by atoms with Crippen molar-refractivity contribution in [2.75, 3.05) is 11.1 Å². The number of hydrogen-bond donors (Lipinski definition) is 2. The van der Waals surface area contributed by atoms with Crippen molar-refractivity contribution in [3.05, 3.63) is 28.6 Å². The van der Waals surface area contributed by atoms with Gasteiger partial charge in [0.05, 0.1) is 18.3 Å². The Bertz CT molecular complexity index is 469. The van der Waals surface area contributed by atoms with Crippen LogP contribution >= 0.6 is 11.3 Å². The fourth-order valence-electron chi connectivity index (χ4n) is 1.36. The molecule has 0 saturated carbocycles. The number of carbonyl (C=O) groups is 1. The molecule has 2 aromatic rings. The third-order valence-corrected chi connectivity index (χ3v) is 2.90. The van der Waals surface area contributed by atoms with Gasteiger partial charge in [0.2, 0.25) is 5.91 Å². The Morgan fingerprint density at radius 3 is 3.06 bits per heavy atom. The number of nitrogens with two attached hydrogens (primary N) is 1. The summed E-state index contributed by atoms with van der Waals surface area (Å²) < 4.78 is 1.54. The molecule has 1 amide bonds. The fourth-order valence-corrected chi connectivity index (χ4v) is 2.03. The Balaban J connectivity index is 2.03. The molecule has 2 rings (SSSR count). The quantitative estimate of drug-likeness (QED) is 0.842. The zero-order chi connectivity index (χ0) is 11.5. The highest BCUT2D eigenvalue weighted by molar-refractivity contribution is 7.08. The lowest BCUT2D eigenvalue weighted by molar-refractivity contribution is -0.115. The number of nitrogens with zero attached hydrogens (tertiary/aromatic N) is 2. The third kappa shape index (κ3) is 2.22. The van der Waals surface area contributed by atoms with Gasteiger partial charge in [-0.3, -0.25) is 9.48 Å². The van der Waals surface area contributed by atoms with Crippen LogP contribution in [0, 0.1) is 0 Å². The molecule has 0 aliphatic carbocycles. The van der Waals surface area contributed by atoms with Crippen LogP contribution in [-0.4, -0.2) is 15.7 Å². The first kappa shape index (κ1) is 10.7. The summed E-state index contributed by atoms with van der Waals surface area (Å²) in [5.74, 6) is 0.453. The molecule has 0 unspecified atom stereocenters. The summed E-state index contributed by atoms with van der Waals surface area (Å²) in [4.78, 5) is 11.7. The van der Waals surface area contributed by atoms with Crippen molar-refractivity contribution in [3.8, 4) is 0 Å². The Morgan fingerprint density at radius 2 is 2.50 bits per heavy atom. The fraction of sp³-hybridized carbons (Fsp3) is 0.200. The average molecular weight is 236 g/mol. The van der Waals surface area contributed by atoms with Gasteiger partial charge in [-0.2, -0.15) is 16.4 Å². The van der Waals surface area contributed by atoms with Crippen LogP contribution in [0.4, 0.5) is 11.5 Å². The van der Waals surface area contributed by atoms with E-state index in [9.17, 15) is 4.79 Å². The minimum atomic E-state index is -0.0892. The molecular weight excluding hydrogens is 224 g/mol. The molecule has 0 radical (unpaired) electrons. The van der Waals surface area contributed by atoms with Crippen LogP contribution in [0.2, 0.25) is 0 Å². The highest BCUT2D eigenvalue weighted by Crippen LogP contribution is 2.16. The van der Waals surface area contributed by atoms with Crippen molar-refractivity contribution in [1.29, 1.82) is 0 Å². The van der Waals surface area contributed by atoms with Gasteiger partial charge in [-0.1, -0.05) is 0 Å². The van der Waals surface area contributed by atoms with E-state index in [-0.39, 0.29) is 5.91 Å². The van der Waals surface area contributed by atoms with Crippen LogP contribution in [-0.2, 0) is 18.3 Å². The Morgan fingerprint density at radius 1 is 1.69 bits per heavy atom. The van der Waals surface area contributed by atoms with Gasteiger partial charge in [-0.25, -0.2) is 0 Å². The maximum atomic E-state index is 11.7. The molecule has 3 N–H and O–H groups in total.